The maximum atomic E-state index is 5.39. The van der Waals surface area contributed by atoms with E-state index in [1.165, 1.54) is 5.56 Å². The normalized spacial score (nSPS) is 10.1. The number of nitrogens with zero attached hydrogens (tertiary/aromatic N) is 2. The maximum Gasteiger partial charge on any atom is 0.294 e. The number of aromatic nitrogens is 2. The highest BCUT2D eigenvalue weighted by Gasteiger charge is 2.02. The summed E-state index contributed by atoms with van der Waals surface area (Å²) in [6.07, 6.45) is 6.01. The van der Waals surface area contributed by atoms with Gasteiger partial charge in [0, 0.05) is 25.9 Å². The first-order valence-electron chi connectivity index (χ1n) is 4.40. The number of pyridine rings is 1. The first-order chi connectivity index (χ1) is 6.88. The number of anilines is 1. The lowest BCUT2D eigenvalue weighted by Gasteiger charge is -1.95. The minimum absolute atomic E-state index is 0.550. The van der Waals surface area contributed by atoms with Crippen molar-refractivity contribution >= 4 is 6.01 Å². The van der Waals surface area contributed by atoms with Crippen LogP contribution in [0, 0.1) is 0 Å². The minimum Gasteiger partial charge on any atom is -0.428 e. The van der Waals surface area contributed by atoms with Crippen molar-refractivity contribution in [1.29, 1.82) is 0 Å². The van der Waals surface area contributed by atoms with Gasteiger partial charge >= 0.3 is 0 Å². The van der Waals surface area contributed by atoms with Crippen LogP contribution in [0.3, 0.4) is 0 Å². The average molecular weight is 189 g/mol. The molecule has 0 fully saturated rings. The number of hydrogen-bond donors (Lipinski definition) is 1. The lowest BCUT2D eigenvalue weighted by molar-refractivity contribution is 0.530. The molecule has 0 aromatic carbocycles. The molecule has 0 aliphatic carbocycles. The first kappa shape index (κ1) is 8.74. The Bertz CT molecular complexity index is 397. The van der Waals surface area contributed by atoms with Crippen LogP contribution in [-0.2, 0) is 6.42 Å². The first-order valence-corrected chi connectivity index (χ1v) is 4.40. The summed E-state index contributed by atoms with van der Waals surface area (Å²) in [5.74, 6) is 0.848. The molecule has 0 saturated carbocycles. The van der Waals surface area contributed by atoms with Gasteiger partial charge < -0.3 is 9.73 Å². The molecule has 0 aliphatic heterocycles. The van der Waals surface area contributed by atoms with E-state index in [1.54, 1.807) is 25.6 Å². The van der Waals surface area contributed by atoms with Crippen LogP contribution in [0.4, 0.5) is 6.01 Å². The van der Waals surface area contributed by atoms with Crippen molar-refractivity contribution in [2.45, 2.75) is 6.42 Å². The minimum atomic E-state index is 0.550. The smallest absolute Gasteiger partial charge is 0.294 e. The molecule has 0 bridgehead atoms. The molecule has 0 amide bonds. The highest BCUT2D eigenvalue weighted by Crippen LogP contribution is 2.12. The van der Waals surface area contributed by atoms with Crippen LogP contribution >= 0.6 is 0 Å². The number of nitrogens with one attached hydrogen (secondary N) is 1. The fourth-order valence-corrected chi connectivity index (χ4v) is 1.21. The van der Waals surface area contributed by atoms with E-state index in [4.69, 9.17) is 4.42 Å². The summed E-state index contributed by atoms with van der Waals surface area (Å²) in [7, 11) is 1.78. The van der Waals surface area contributed by atoms with Crippen molar-refractivity contribution in [3.8, 4) is 0 Å². The van der Waals surface area contributed by atoms with Crippen LogP contribution in [0.5, 0.6) is 0 Å². The second-order valence-electron chi connectivity index (χ2n) is 2.91. The summed E-state index contributed by atoms with van der Waals surface area (Å²) < 4.78 is 5.39. The van der Waals surface area contributed by atoms with Crippen molar-refractivity contribution in [2.75, 3.05) is 12.4 Å². The summed E-state index contributed by atoms with van der Waals surface area (Å²) >= 11 is 0. The molecule has 0 atom stereocenters. The van der Waals surface area contributed by atoms with Gasteiger partial charge in [0.1, 0.15) is 5.76 Å². The Morgan fingerprint density at radius 3 is 2.79 bits per heavy atom. The fraction of sp³-hybridized carbons (Fsp3) is 0.200. The quantitative estimate of drug-likeness (QED) is 0.798. The zero-order valence-corrected chi connectivity index (χ0v) is 7.90. The molecule has 1 N–H and O–H groups in total. The number of oxazole rings is 1. The molecule has 0 aliphatic rings. The summed E-state index contributed by atoms with van der Waals surface area (Å²) in [6.45, 7) is 0. The van der Waals surface area contributed by atoms with Crippen LogP contribution in [-0.4, -0.2) is 17.0 Å². The van der Waals surface area contributed by atoms with Crippen molar-refractivity contribution in [3.63, 3.8) is 0 Å². The highest BCUT2D eigenvalue weighted by molar-refractivity contribution is 5.22. The molecule has 2 rings (SSSR count). The lowest BCUT2D eigenvalue weighted by Crippen LogP contribution is -1.86. The van der Waals surface area contributed by atoms with E-state index >= 15 is 0 Å². The van der Waals surface area contributed by atoms with Crippen LogP contribution in [0.25, 0.3) is 0 Å². The van der Waals surface area contributed by atoms with Crippen LogP contribution in [0.2, 0.25) is 0 Å². The van der Waals surface area contributed by atoms with Gasteiger partial charge in [-0.05, 0) is 17.7 Å². The summed E-state index contributed by atoms with van der Waals surface area (Å²) in [5.41, 5.74) is 1.17. The zero-order valence-electron chi connectivity index (χ0n) is 7.90. The summed E-state index contributed by atoms with van der Waals surface area (Å²) in [6, 6.07) is 4.47. The SMILES string of the molecule is CNc1ncc(Cc2ccncc2)o1. The van der Waals surface area contributed by atoms with Crippen molar-refractivity contribution in [1.82, 2.24) is 9.97 Å². The van der Waals surface area contributed by atoms with Crippen molar-refractivity contribution in [2.24, 2.45) is 0 Å². The van der Waals surface area contributed by atoms with Gasteiger partial charge in [0.05, 0.1) is 6.20 Å². The standard InChI is InChI=1S/C10H11N3O/c1-11-10-13-7-9(14-10)6-8-2-4-12-5-3-8/h2-5,7H,6H2,1H3,(H,11,13). The van der Waals surface area contributed by atoms with Gasteiger partial charge in [-0.15, -0.1) is 0 Å². The van der Waals surface area contributed by atoms with Crippen LogP contribution in [0.15, 0.2) is 35.1 Å². The van der Waals surface area contributed by atoms with Gasteiger partial charge in [-0.1, -0.05) is 0 Å². The molecule has 4 heteroatoms. The third-order valence-electron chi connectivity index (χ3n) is 1.90. The van der Waals surface area contributed by atoms with E-state index in [2.05, 4.69) is 15.3 Å². The van der Waals surface area contributed by atoms with Gasteiger partial charge in [-0.25, -0.2) is 4.98 Å². The second kappa shape index (κ2) is 3.91. The molecule has 0 spiro atoms. The zero-order chi connectivity index (χ0) is 9.80. The third kappa shape index (κ3) is 1.90. The van der Waals surface area contributed by atoms with E-state index in [9.17, 15) is 0 Å². The van der Waals surface area contributed by atoms with E-state index in [1.807, 2.05) is 12.1 Å². The van der Waals surface area contributed by atoms with Crippen LogP contribution < -0.4 is 5.32 Å². The molecule has 0 unspecified atom stereocenters. The Morgan fingerprint density at radius 1 is 1.36 bits per heavy atom. The summed E-state index contributed by atoms with van der Waals surface area (Å²) in [4.78, 5) is 7.99. The molecular formula is C10H11N3O. The molecule has 2 aromatic rings. The molecular weight excluding hydrogens is 178 g/mol. The Morgan fingerprint density at radius 2 is 2.14 bits per heavy atom. The molecule has 72 valence electrons. The lowest BCUT2D eigenvalue weighted by atomic mass is 10.2. The Balaban J connectivity index is 2.11. The summed E-state index contributed by atoms with van der Waals surface area (Å²) in [5, 5.41) is 2.84. The Kier molecular flexibility index (Phi) is 2.44. The van der Waals surface area contributed by atoms with Gasteiger partial charge in [0.2, 0.25) is 0 Å². The molecule has 4 nitrogen and oxygen atoms in total. The van der Waals surface area contributed by atoms with E-state index < -0.39 is 0 Å². The third-order valence-corrected chi connectivity index (χ3v) is 1.90. The Labute approximate surface area is 82.0 Å². The maximum absolute atomic E-state index is 5.39. The molecule has 2 aromatic heterocycles. The second-order valence-corrected chi connectivity index (χ2v) is 2.91. The fourth-order valence-electron chi connectivity index (χ4n) is 1.21. The molecule has 2 heterocycles. The predicted octanol–water partition coefficient (Wildman–Crippen LogP) is 1.70. The van der Waals surface area contributed by atoms with Gasteiger partial charge in [0.15, 0.2) is 0 Å². The molecule has 0 saturated heterocycles. The monoisotopic (exact) mass is 189 g/mol. The Hall–Kier alpha value is -1.84. The number of hydrogen-bond acceptors (Lipinski definition) is 4. The van der Waals surface area contributed by atoms with E-state index in [0.717, 1.165) is 12.2 Å². The topological polar surface area (TPSA) is 51.0 Å². The van der Waals surface area contributed by atoms with Gasteiger partial charge in [-0.2, -0.15) is 0 Å². The predicted molar refractivity (Wildman–Crippen MR) is 53.1 cm³/mol. The highest BCUT2D eigenvalue weighted by atomic mass is 16.4. The molecule has 0 radical (unpaired) electrons. The largest absolute Gasteiger partial charge is 0.428 e. The van der Waals surface area contributed by atoms with Crippen LogP contribution in [0.1, 0.15) is 11.3 Å². The molecule has 14 heavy (non-hydrogen) atoms. The van der Waals surface area contributed by atoms with Crippen molar-refractivity contribution in [3.05, 3.63) is 42.0 Å². The van der Waals surface area contributed by atoms with Gasteiger partial charge in [0.25, 0.3) is 6.01 Å². The van der Waals surface area contributed by atoms with Crippen molar-refractivity contribution < 1.29 is 4.42 Å². The number of rotatable bonds is 3. The van der Waals surface area contributed by atoms with E-state index in [0.29, 0.717) is 6.01 Å². The van der Waals surface area contributed by atoms with E-state index in [-0.39, 0.29) is 0 Å². The average Bonchev–Trinajstić information content (AvgIpc) is 2.67. The van der Waals surface area contributed by atoms with Gasteiger partial charge in [-0.3, -0.25) is 4.98 Å².